The van der Waals surface area contributed by atoms with Crippen molar-refractivity contribution in [3.63, 3.8) is 0 Å². The Morgan fingerprint density at radius 2 is 1.82 bits per heavy atom. The fourth-order valence-corrected chi connectivity index (χ4v) is 1.34. The molecule has 0 spiro atoms. The van der Waals surface area contributed by atoms with E-state index in [-0.39, 0.29) is 5.91 Å². The van der Waals surface area contributed by atoms with Gasteiger partial charge in [-0.15, -0.1) is 0 Å². The van der Waals surface area contributed by atoms with Crippen LogP contribution in [0.25, 0.3) is 0 Å². The number of unbranched alkanes of at least 4 members (excludes halogenated alkanes) is 1. The van der Waals surface area contributed by atoms with E-state index < -0.39 is 0 Å². The van der Waals surface area contributed by atoms with Crippen LogP contribution in [-0.2, 0) is 4.79 Å². The minimum absolute atomic E-state index is 0.0718. The van der Waals surface area contributed by atoms with Crippen LogP contribution in [0.5, 0.6) is 0 Å². The van der Waals surface area contributed by atoms with Crippen LogP contribution in [0.1, 0.15) is 40.0 Å². The van der Waals surface area contributed by atoms with Crippen molar-refractivity contribution in [1.82, 2.24) is 16.0 Å². The highest BCUT2D eigenvalue weighted by Gasteiger charge is 2.02. The Kier molecular flexibility index (Phi) is 9.81. The number of hydrogen-bond donors (Lipinski definition) is 3. The molecular formula is C12H25N3OS. The van der Waals surface area contributed by atoms with Gasteiger partial charge in [0.2, 0.25) is 5.91 Å². The molecule has 0 unspecified atom stereocenters. The second kappa shape index (κ2) is 10.3. The van der Waals surface area contributed by atoms with Crippen LogP contribution in [0.2, 0.25) is 0 Å². The number of carbonyl (C=O) groups excluding carboxylic acids is 1. The van der Waals surface area contributed by atoms with Crippen molar-refractivity contribution in [1.29, 1.82) is 0 Å². The molecule has 5 heteroatoms. The molecule has 0 aromatic rings. The average molecular weight is 259 g/mol. The Labute approximate surface area is 110 Å². The summed E-state index contributed by atoms with van der Waals surface area (Å²) in [5, 5.41) is 9.62. The van der Waals surface area contributed by atoms with E-state index in [0.717, 1.165) is 25.9 Å². The highest BCUT2D eigenvalue weighted by Crippen LogP contribution is 1.88. The molecule has 0 aliphatic rings. The molecule has 0 rings (SSSR count). The molecule has 0 atom stereocenters. The summed E-state index contributed by atoms with van der Waals surface area (Å²) in [4.78, 5) is 11.4. The van der Waals surface area contributed by atoms with Gasteiger partial charge in [0.25, 0.3) is 0 Å². The van der Waals surface area contributed by atoms with Gasteiger partial charge in [-0.2, -0.15) is 0 Å². The summed E-state index contributed by atoms with van der Waals surface area (Å²) in [6, 6.07) is 0. The molecule has 0 fully saturated rings. The van der Waals surface area contributed by atoms with Gasteiger partial charge < -0.3 is 16.0 Å². The maximum absolute atomic E-state index is 11.4. The quantitative estimate of drug-likeness (QED) is 0.456. The van der Waals surface area contributed by atoms with Gasteiger partial charge in [-0.05, 0) is 24.6 Å². The van der Waals surface area contributed by atoms with Crippen LogP contribution in [0, 0.1) is 5.92 Å². The predicted octanol–water partition coefficient (Wildman–Crippen LogP) is 1.41. The number of nitrogens with one attached hydrogen (secondary N) is 3. The normalized spacial score (nSPS) is 10.1. The van der Waals surface area contributed by atoms with Crippen molar-refractivity contribution < 1.29 is 4.79 Å². The Bertz CT molecular complexity index is 232. The first-order valence-electron chi connectivity index (χ1n) is 6.34. The summed E-state index contributed by atoms with van der Waals surface area (Å²) in [5.41, 5.74) is 0. The van der Waals surface area contributed by atoms with Gasteiger partial charge in [0.15, 0.2) is 5.11 Å². The van der Waals surface area contributed by atoms with Gasteiger partial charge in [0, 0.05) is 26.1 Å². The third-order valence-corrected chi connectivity index (χ3v) is 2.45. The van der Waals surface area contributed by atoms with Gasteiger partial charge in [-0.3, -0.25) is 4.79 Å². The van der Waals surface area contributed by atoms with Crippen molar-refractivity contribution in [2.75, 3.05) is 19.6 Å². The zero-order valence-corrected chi connectivity index (χ0v) is 12.0. The number of hydrogen-bond acceptors (Lipinski definition) is 2. The molecule has 0 heterocycles. The molecule has 0 aromatic heterocycles. The minimum Gasteiger partial charge on any atom is -0.363 e. The minimum atomic E-state index is 0.0718. The highest BCUT2D eigenvalue weighted by molar-refractivity contribution is 7.80. The van der Waals surface area contributed by atoms with Crippen molar-refractivity contribution >= 4 is 23.2 Å². The first kappa shape index (κ1) is 16.2. The summed E-state index contributed by atoms with van der Waals surface area (Å²) in [7, 11) is 0. The number of amides is 1. The number of thiocarbonyl (C=S) groups is 1. The number of rotatable bonds is 8. The number of carbonyl (C=O) groups is 1. The summed E-state index contributed by atoms with van der Waals surface area (Å²) in [6.45, 7) is 8.50. The second-order valence-corrected chi connectivity index (χ2v) is 4.89. The maximum atomic E-state index is 11.4. The largest absolute Gasteiger partial charge is 0.363 e. The lowest BCUT2D eigenvalue weighted by atomic mass is 10.2. The summed E-state index contributed by atoms with van der Waals surface area (Å²) < 4.78 is 0. The summed E-state index contributed by atoms with van der Waals surface area (Å²) in [5.74, 6) is 0.561. The van der Waals surface area contributed by atoms with E-state index in [4.69, 9.17) is 12.2 Å². The third-order valence-electron chi connectivity index (χ3n) is 2.16. The first-order chi connectivity index (χ1) is 8.06. The zero-order valence-electron chi connectivity index (χ0n) is 11.1. The van der Waals surface area contributed by atoms with Gasteiger partial charge in [-0.25, -0.2) is 0 Å². The lowest BCUT2D eigenvalue weighted by molar-refractivity contribution is -0.121. The monoisotopic (exact) mass is 259 g/mol. The second-order valence-electron chi connectivity index (χ2n) is 4.48. The molecule has 1 amide bonds. The SMILES string of the molecule is CCCCNC(=S)NCCC(=O)NCC(C)C. The Hall–Kier alpha value is -0.840. The molecule has 4 nitrogen and oxygen atoms in total. The van der Waals surface area contributed by atoms with E-state index in [0.29, 0.717) is 24.0 Å². The van der Waals surface area contributed by atoms with Crippen LogP contribution in [0.15, 0.2) is 0 Å². The van der Waals surface area contributed by atoms with Gasteiger partial charge in [-0.1, -0.05) is 27.2 Å². The summed E-state index contributed by atoms with van der Waals surface area (Å²) in [6.07, 6.45) is 2.71. The lowest BCUT2D eigenvalue weighted by Gasteiger charge is -2.10. The van der Waals surface area contributed by atoms with Gasteiger partial charge in [0.1, 0.15) is 0 Å². The van der Waals surface area contributed by atoms with Crippen molar-refractivity contribution in [3.8, 4) is 0 Å². The van der Waals surface area contributed by atoms with E-state index in [2.05, 4.69) is 36.7 Å². The van der Waals surface area contributed by atoms with Crippen LogP contribution in [0.4, 0.5) is 0 Å². The molecular weight excluding hydrogens is 234 g/mol. The van der Waals surface area contributed by atoms with Crippen molar-refractivity contribution in [3.05, 3.63) is 0 Å². The van der Waals surface area contributed by atoms with Crippen molar-refractivity contribution in [2.45, 2.75) is 40.0 Å². The fraction of sp³-hybridized carbons (Fsp3) is 0.833. The molecule has 0 saturated heterocycles. The van der Waals surface area contributed by atoms with E-state index >= 15 is 0 Å². The molecule has 17 heavy (non-hydrogen) atoms. The predicted molar refractivity (Wildman–Crippen MR) is 76.0 cm³/mol. The smallest absolute Gasteiger partial charge is 0.221 e. The summed E-state index contributed by atoms with van der Waals surface area (Å²) >= 11 is 5.07. The van der Waals surface area contributed by atoms with E-state index in [1.807, 2.05) is 0 Å². The van der Waals surface area contributed by atoms with Crippen LogP contribution < -0.4 is 16.0 Å². The van der Waals surface area contributed by atoms with E-state index in [1.165, 1.54) is 0 Å². The van der Waals surface area contributed by atoms with E-state index in [1.54, 1.807) is 0 Å². The molecule has 0 aliphatic carbocycles. The Morgan fingerprint density at radius 1 is 1.18 bits per heavy atom. The van der Waals surface area contributed by atoms with Crippen LogP contribution in [-0.4, -0.2) is 30.7 Å². The first-order valence-corrected chi connectivity index (χ1v) is 6.75. The fourth-order valence-electron chi connectivity index (χ4n) is 1.14. The molecule has 3 N–H and O–H groups in total. The Morgan fingerprint density at radius 3 is 2.41 bits per heavy atom. The van der Waals surface area contributed by atoms with Crippen molar-refractivity contribution in [2.24, 2.45) is 5.92 Å². The van der Waals surface area contributed by atoms with Crippen LogP contribution in [0.3, 0.4) is 0 Å². The molecule has 0 bridgehead atoms. The Balaban J connectivity index is 3.42. The zero-order chi connectivity index (χ0) is 13.1. The molecule has 0 aliphatic heterocycles. The third kappa shape index (κ3) is 11.4. The van der Waals surface area contributed by atoms with E-state index in [9.17, 15) is 4.79 Å². The molecule has 0 aromatic carbocycles. The highest BCUT2D eigenvalue weighted by atomic mass is 32.1. The topological polar surface area (TPSA) is 53.2 Å². The maximum Gasteiger partial charge on any atom is 0.221 e. The molecule has 100 valence electrons. The standard InChI is InChI=1S/C12H25N3OS/c1-4-5-7-13-12(17)14-8-6-11(16)15-9-10(2)3/h10H,4-9H2,1-3H3,(H,15,16)(H2,13,14,17). The van der Waals surface area contributed by atoms with Gasteiger partial charge in [0.05, 0.1) is 0 Å². The lowest BCUT2D eigenvalue weighted by Crippen LogP contribution is -2.38. The van der Waals surface area contributed by atoms with Crippen LogP contribution >= 0.6 is 12.2 Å². The molecule has 0 saturated carbocycles. The average Bonchev–Trinajstić information content (AvgIpc) is 2.27. The van der Waals surface area contributed by atoms with Gasteiger partial charge >= 0.3 is 0 Å². The molecule has 0 radical (unpaired) electrons.